The zero-order chi connectivity index (χ0) is 21.6. The maximum atomic E-state index is 13.4. The molecule has 1 aliphatic carbocycles. The number of hydrogen-bond donors (Lipinski definition) is 1. The number of nitrogens with one attached hydrogen (secondary N) is 1. The van der Waals surface area contributed by atoms with Gasteiger partial charge in [-0.3, -0.25) is 14.7 Å². The maximum absolute atomic E-state index is 13.4. The van der Waals surface area contributed by atoms with Gasteiger partial charge in [0, 0.05) is 35.3 Å². The first kappa shape index (κ1) is 19.8. The molecule has 1 fully saturated rings. The molecular formula is C23H27N7O. The van der Waals surface area contributed by atoms with Gasteiger partial charge in [0.15, 0.2) is 5.82 Å². The van der Waals surface area contributed by atoms with E-state index in [9.17, 15) is 4.79 Å². The van der Waals surface area contributed by atoms with Gasteiger partial charge >= 0.3 is 0 Å². The van der Waals surface area contributed by atoms with Gasteiger partial charge < -0.3 is 9.88 Å². The Morgan fingerprint density at radius 1 is 1.23 bits per heavy atom. The third-order valence-corrected chi connectivity index (χ3v) is 6.28. The van der Waals surface area contributed by atoms with Crippen molar-refractivity contribution in [3.63, 3.8) is 0 Å². The molecule has 3 aromatic heterocycles. The summed E-state index contributed by atoms with van der Waals surface area (Å²) in [6, 6.07) is 7.71. The van der Waals surface area contributed by atoms with Gasteiger partial charge in [0.1, 0.15) is 17.8 Å². The highest BCUT2D eigenvalue weighted by Gasteiger charge is 2.43. The Morgan fingerprint density at radius 3 is 2.81 bits per heavy atom. The summed E-state index contributed by atoms with van der Waals surface area (Å²) < 4.78 is 1.99. The smallest absolute Gasteiger partial charge is 0.260 e. The van der Waals surface area contributed by atoms with Gasteiger partial charge in [-0.25, -0.2) is 4.98 Å². The van der Waals surface area contributed by atoms with Gasteiger partial charge in [-0.2, -0.15) is 0 Å². The van der Waals surface area contributed by atoms with Crippen molar-refractivity contribution in [2.24, 2.45) is 0 Å². The summed E-state index contributed by atoms with van der Waals surface area (Å²) in [5.74, 6) is 1.33. The Balaban J connectivity index is 1.51. The van der Waals surface area contributed by atoms with E-state index < -0.39 is 0 Å². The van der Waals surface area contributed by atoms with Gasteiger partial charge in [0.2, 0.25) is 0 Å². The Labute approximate surface area is 181 Å². The second kappa shape index (κ2) is 7.53. The molecule has 3 aromatic rings. The number of fused-ring (bicyclic) bond motifs is 1. The van der Waals surface area contributed by atoms with Crippen LogP contribution in [0.25, 0.3) is 11.5 Å². The average Bonchev–Trinajstić information content (AvgIpc) is 3.20. The maximum Gasteiger partial charge on any atom is 0.260 e. The van der Waals surface area contributed by atoms with Crippen LogP contribution in [0.15, 0.2) is 30.6 Å². The van der Waals surface area contributed by atoms with Gasteiger partial charge in [-0.15, -0.1) is 10.2 Å². The lowest BCUT2D eigenvalue weighted by molar-refractivity contribution is 0.0996. The van der Waals surface area contributed by atoms with E-state index in [1.54, 1.807) is 11.2 Å². The summed E-state index contributed by atoms with van der Waals surface area (Å²) in [5.41, 5.74) is 4.55. The Hall–Kier alpha value is -3.13. The quantitative estimate of drug-likeness (QED) is 0.636. The predicted molar refractivity (Wildman–Crippen MR) is 118 cm³/mol. The number of carbonyl (C=O) groups is 1. The monoisotopic (exact) mass is 417 g/mol. The molecular weight excluding hydrogens is 390 g/mol. The van der Waals surface area contributed by atoms with Gasteiger partial charge in [-0.1, -0.05) is 19.9 Å². The van der Waals surface area contributed by atoms with Crippen LogP contribution in [0.3, 0.4) is 0 Å². The fourth-order valence-electron chi connectivity index (χ4n) is 4.17. The standard InChI is InChI=1S/C23H27N7O/c1-4-10-29-14-25-28-21(29)17-6-5-7-20(27-17)30-13-16-15(22(30)31)11-19(23(2)8-9-23)26-18(16)12-24-3/h5-7,11,14,24H,4,8-10,12-13H2,1-3H3. The van der Waals surface area contributed by atoms with Crippen molar-refractivity contribution in [2.45, 2.75) is 58.2 Å². The first-order valence-electron chi connectivity index (χ1n) is 10.9. The number of anilines is 1. The molecule has 0 bridgehead atoms. The van der Waals surface area contributed by atoms with Crippen molar-refractivity contribution in [2.75, 3.05) is 11.9 Å². The zero-order valence-electron chi connectivity index (χ0n) is 18.2. The molecule has 0 atom stereocenters. The van der Waals surface area contributed by atoms with Crippen molar-refractivity contribution < 1.29 is 4.79 Å². The van der Waals surface area contributed by atoms with Crippen LogP contribution in [0.5, 0.6) is 0 Å². The molecule has 2 aliphatic rings. The van der Waals surface area contributed by atoms with E-state index in [1.165, 1.54) is 0 Å². The molecule has 0 radical (unpaired) electrons. The topological polar surface area (TPSA) is 88.8 Å². The van der Waals surface area contributed by atoms with Crippen LogP contribution in [-0.2, 0) is 25.0 Å². The Kier molecular flexibility index (Phi) is 4.81. The number of carbonyl (C=O) groups excluding carboxylic acids is 1. The van der Waals surface area contributed by atoms with Crippen molar-refractivity contribution in [3.05, 3.63) is 53.1 Å². The number of amides is 1. The average molecular weight is 418 g/mol. The first-order valence-corrected chi connectivity index (χ1v) is 10.9. The molecule has 8 nitrogen and oxygen atoms in total. The van der Waals surface area contributed by atoms with E-state index >= 15 is 0 Å². The van der Waals surface area contributed by atoms with Gasteiger partial charge in [-0.05, 0) is 44.5 Å². The summed E-state index contributed by atoms with van der Waals surface area (Å²) in [5, 5.41) is 11.5. The van der Waals surface area contributed by atoms with Crippen LogP contribution >= 0.6 is 0 Å². The number of nitrogens with zero attached hydrogens (tertiary/aromatic N) is 6. The highest BCUT2D eigenvalue weighted by molar-refractivity contribution is 6.09. The van der Waals surface area contributed by atoms with E-state index in [2.05, 4.69) is 29.4 Å². The van der Waals surface area contributed by atoms with E-state index in [-0.39, 0.29) is 11.3 Å². The number of hydrogen-bond acceptors (Lipinski definition) is 6. The molecule has 0 aromatic carbocycles. The minimum Gasteiger partial charge on any atom is -0.314 e. The molecule has 0 saturated heterocycles. The van der Waals surface area contributed by atoms with Crippen LogP contribution in [0.4, 0.5) is 5.82 Å². The molecule has 1 amide bonds. The molecule has 8 heteroatoms. The zero-order valence-corrected chi connectivity index (χ0v) is 18.2. The van der Waals surface area contributed by atoms with Crippen molar-refractivity contribution in [1.29, 1.82) is 0 Å². The van der Waals surface area contributed by atoms with Gasteiger partial charge in [0.25, 0.3) is 5.91 Å². The fourth-order valence-corrected chi connectivity index (χ4v) is 4.17. The molecule has 31 heavy (non-hydrogen) atoms. The normalized spacial score (nSPS) is 16.6. The number of aromatic nitrogens is 5. The Bertz CT molecular complexity index is 1150. The van der Waals surface area contributed by atoms with Gasteiger partial charge in [0.05, 0.1) is 12.2 Å². The molecule has 1 saturated carbocycles. The summed E-state index contributed by atoms with van der Waals surface area (Å²) in [6.45, 7) is 6.28. The first-order chi connectivity index (χ1) is 15.0. The van der Waals surface area contributed by atoms with Crippen LogP contribution in [0, 0.1) is 0 Å². The van der Waals surface area contributed by atoms with Crippen LogP contribution < -0.4 is 10.2 Å². The minimum absolute atomic E-state index is 0.0140. The van der Waals surface area contributed by atoms with Crippen molar-refractivity contribution in [3.8, 4) is 11.5 Å². The molecule has 1 aliphatic heterocycles. The molecule has 0 unspecified atom stereocenters. The predicted octanol–water partition coefficient (Wildman–Crippen LogP) is 3.08. The SMILES string of the molecule is CCCn1cnnc1-c1cccc(N2Cc3c(cc(C4(C)CC4)nc3CNC)C2=O)n1. The second-order valence-corrected chi connectivity index (χ2v) is 8.69. The third kappa shape index (κ3) is 3.40. The number of pyridine rings is 2. The molecule has 5 rings (SSSR count). The molecule has 4 heterocycles. The van der Waals surface area contributed by atoms with Crippen LogP contribution in [-0.4, -0.2) is 37.7 Å². The summed E-state index contributed by atoms with van der Waals surface area (Å²) >= 11 is 0. The lowest BCUT2D eigenvalue weighted by Crippen LogP contribution is -2.24. The molecule has 0 spiro atoms. The van der Waals surface area contributed by atoms with Crippen LogP contribution in [0.1, 0.15) is 60.4 Å². The largest absolute Gasteiger partial charge is 0.314 e. The minimum atomic E-state index is -0.0140. The fraction of sp³-hybridized carbons (Fsp3) is 0.435. The number of aryl methyl sites for hydroxylation is 1. The van der Waals surface area contributed by atoms with E-state index in [4.69, 9.17) is 9.97 Å². The van der Waals surface area contributed by atoms with Crippen molar-refractivity contribution in [1.82, 2.24) is 30.0 Å². The third-order valence-electron chi connectivity index (χ3n) is 6.28. The highest BCUT2D eigenvalue weighted by Crippen LogP contribution is 2.47. The van der Waals surface area contributed by atoms with E-state index in [0.29, 0.717) is 30.4 Å². The second-order valence-electron chi connectivity index (χ2n) is 8.69. The Morgan fingerprint density at radius 2 is 2.06 bits per heavy atom. The summed E-state index contributed by atoms with van der Waals surface area (Å²) in [6.07, 6.45) is 4.95. The molecule has 160 valence electrons. The summed E-state index contributed by atoms with van der Waals surface area (Å²) in [4.78, 5) is 24.9. The van der Waals surface area contributed by atoms with E-state index in [0.717, 1.165) is 48.3 Å². The lowest BCUT2D eigenvalue weighted by atomic mass is 9.99. The summed E-state index contributed by atoms with van der Waals surface area (Å²) in [7, 11) is 1.91. The highest BCUT2D eigenvalue weighted by atomic mass is 16.2. The number of rotatable bonds is 7. The van der Waals surface area contributed by atoms with E-state index in [1.807, 2.05) is 35.9 Å². The lowest BCUT2D eigenvalue weighted by Gasteiger charge is -2.15. The van der Waals surface area contributed by atoms with Crippen LogP contribution in [0.2, 0.25) is 0 Å². The molecule has 1 N–H and O–H groups in total. The van der Waals surface area contributed by atoms with Crippen molar-refractivity contribution >= 4 is 11.7 Å².